The third-order valence-electron chi connectivity index (χ3n) is 3.87. The maximum Gasteiger partial charge on any atom is 0.339 e. The van der Waals surface area contributed by atoms with Gasteiger partial charge in [-0.25, -0.2) is 13.6 Å². The van der Waals surface area contributed by atoms with Crippen molar-refractivity contribution in [3.8, 4) is 6.07 Å². The molecule has 0 saturated carbocycles. The number of hydrogen-bond acceptors (Lipinski definition) is 5. The van der Waals surface area contributed by atoms with Gasteiger partial charge in [0, 0.05) is 15.9 Å². The number of ether oxygens (including phenoxy) is 1. The first-order valence-electron chi connectivity index (χ1n) is 8.66. The van der Waals surface area contributed by atoms with Crippen LogP contribution >= 0.6 is 11.8 Å². The van der Waals surface area contributed by atoms with Crippen molar-refractivity contribution >= 4 is 29.3 Å². The summed E-state index contributed by atoms with van der Waals surface area (Å²) in [6, 6.07) is 18.2. The molecule has 150 valence electrons. The average molecular weight is 424 g/mol. The van der Waals surface area contributed by atoms with Crippen molar-refractivity contribution in [2.24, 2.45) is 0 Å². The van der Waals surface area contributed by atoms with Crippen LogP contribution in [0.5, 0.6) is 0 Å². The fraction of sp³-hybridized carbons (Fsp3) is 0.0455. The topological polar surface area (TPSA) is 79.2 Å². The number of nitriles is 1. The quantitative estimate of drug-likeness (QED) is 0.576. The number of nitrogens with one attached hydrogen (secondary N) is 1. The maximum atomic E-state index is 13.6. The summed E-state index contributed by atoms with van der Waals surface area (Å²) in [5.74, 6) is -3.10. The molecule has 0 radical (unpaired) electrons. The number of benzene rings is 3. The number of rotatable bonds is 6. The summed E-state index contributed by atoms with van der Waals surface area (Å²) >= 11 is 1.22. The Morgan fingerprint density at radius 2 is 1.70 bits per heavy atom. The molecule has 0 bridgehead atoms. The fourth-order valence-corrected chi connectivity index (χ4v) is 3.49. The van der Waals surface area contributed by atoms with Gasteiger partial charge in [-0.05, 0) is 36.4 Å². The van der Waals surface area contributed by atoms with Crippen LogP contribution in [0.4, 0.5) is 14.5 Å². The minimum atomic E-state index is -0.812. The van der Waals surface area contributed by atoms with Gasteiger partial charge in [-0.3, -0.25) is 4.79 Å². The average Bonchev–Trinajstić information content (AvgIpc) is 2.75. The lowest BCUT2D eigenvalue weighted by molar-refractivity contribution is -0.119. The Kier molecular flexibility index (Phi) is 6.78. The number of esters is 1. The molecule has 1 amide bonds. The zero-order valence-electron chi connectivity index (χ0n) is 15.4. The Balaban J connectivity index is 1.68. The number of amides is 1. The molecule has 3 rings (SSSR count). The predicted molar refractivity (Wildman–Crippen MR) is 107 cm³/mol. The van der Waals surface area contributed by atoms with Crippen LogP contribution < -0.4 is 5.32 Å². The third-order valence-corrected chi connectivity index (χ3v) is 5.02. The predicted octanol–water partition coefficient (Wildman–Crippen LogP) is 4.78. The fourth-order valence-electron chi connectivity index (χ4n) is 2.48. The van der Waals surface area contributed by atoms with Gasteiger partial charge in [0.25, 0.3) is 5.91 Å². The lowest BCUT2D eigenvalue weighted by Crippen LogP contribution is -2.21. The minimum Gasteiger partial charge on any atom is -0.452 e. The Morgan fingerprint density at radius 3 is 2.47 bits per heavy atom. The van der Waals surface area contributed by atoms with Crippen molar-refractivity contribution in [1.29, 1.82) is 5.26 Å². The normalized spacial score (nSPS) is 10.2. The molecule has 30 heavy (non-hydrogen) atoms. The number of carbonyl (C=O) groups is 2. The van der Waals surface area contributed by atoms with Crippen molar-refractivity contribution in [1.82, 2.24) is 0 Å². The van der Waals surface area contributed by atoms with E-state index in [9.17, 15) is 23.6 Å². The smallest absolute Gasteiger partial charge is 0.339 e. The van der Waals surface area contributed by atoms with Crippen molar-refractivity contribution in [3.63, 3.8) is 0 Å². The number of halogens is 2. The van der Waals surface area contributed by atoms with E-state index in [-0.39, 0.29) is 11.3 Å². The van der Waals surface area contributed by atoms with E-state index in [1.807, 2.05) is 0 Å². The van der Waals surface area contributed by atoms with E-state index in [0.29, 0.717) is 15.4 Å². The highest BCUT2D eigenvalue weighted by molar-refractivity contribution is 7.99. The van der Waals surface area contributed by atoms with E-state index in [1.165, 1.54) is 17.8 Å². The van der Waals surface area contributed by atoms with Crippen LogP contribution in [0.15, 0.2) is 76.5 Å². The number of carbonyl (C=O) groups excluding carboxylic acids is 2. The van der Waals surface area contributed by atoms with Crippen molar-refractivity contribution in [3.05, 3.63) is 89.5 Å². The summed E-state index contributed by atoms with van der Waals surface area (Å²) in [7, 11) is 0. The van der Waals surface area contributed by atoms with E-state index in [4.69, 9.17) is 4.74 Å². The Labute approximate surface area is 175 Å². The SMILES string of the molecule is N#Cc1ccccc1Sc1ccccc1C(=O)OCC(=O)Nc1cc(F)ccc1F. The van der Waals surface area contributed by atoms with Crippen LogP contribution in [0.25, 0.3) is 0 Å². The second-order valence-corrected chi connectivity index (χ2v) is 7.04. The first kappa shape index (κ1) is 21.0. The van der Waals surface area contributed by atoms with Crippen molar-refractivity contribution in [2.45, 2.75) is 9.79 Å². The molecule has 5 nitrogen and oxygen atoms in total. The zero-order valence-corrected chi connectivity index (χ0v) is 16.2. The zero-order chi connectivity index (χ0) is 21.5. The number of nitrogens with zero attached hydrogens (tertiary/aromatic N) is 1. The van der Waals surface area contributed by atoms with Gasteiger partial charge in [0.05, 0.1) is 16.8 Å². The largest absolute Gasteiger partial charge is 0.452 e. The minimum absolute atomic E-state index is 0.208. The molecular weight excluding hydrogens is 410 g/mol. The molecule has 8 heteroatoms. The van der Waals surface area contributed by atoms with E-state index in [0.717, 1.165) is 18.2 Å². The van der Waals surface area contributed by atoms with Crippen LogP contribution in [0, 0.1) is 23.0 Å². The lowest BCUT2D eigenvalue weighted by atomic mass is 10.2. The van der Waals surface area contributed by atoms with Crippen molar-refractivity contribution in [2.75, 3.05) is 11.9 Å². The van der Waals surface area contributed by atoms with Crippen molar-refractivity contribution < 1.29 is 23.1 Å². The molecule has 0 aliphatic heterocycles. The second-order valence-electron chi connectivity index (χ2n) is 5.95. The molecule has 0 aliphatic carbocycles. The molecule has 0 aliphatic rings. The van der Waals surface area contributed by atoms with Gasteiger partial charge < -0.3 is 10.1 Å². The Morgan fingerprint density at radius 1 is 1.00 bits per heavy atom. The van der Waals surface area contributed by atoms with Gasteiger partial charge >= 0.3 is 5.97 Å². The highest BCUT2D eigenvalue weighted by Gasteiger charge is 2.17. The Bertz CT molecular complexity index is 1150. The van der Waals surface area contributed by atoms with E-state index in [1.54, 1.807) is 42.5 Å². The molecule has 0 spiro atoms. The molecule has 0 aromatic heterocycles. The van der Waals surface area contributed by atoms with Gasteiger partial charge in [-0.15, -0.1) is 0 Å². The first-order chi connectivity index (χ1) is 14.5. The molecular formula is C22H14F2N2O3S. The molecule has 1 N–H and O–H groups in total. The van der Waals surface area contributed by atoms with Crippen LogP contribution in [-0.4, -0.2) is 18.5 Å². The summed E-state index contributed by atoms with van der Waals surface area (Å²) in [4.78, 5) is 25.6. The lowest BCUT2D eigenvalue weighted by Gasteiger charge is -2.10. The summed E-state index contributed by atoms with van der Waals surface area (Å²) < 4.78 is 31.8. The number of hydrogen-bond donors (Lipinski definition) is 1. The maximum absolute atomic E-state index is 13.6. The van der Waals surface area contributed by atoms with Gasteiger partial charge in [0.2, 0.25) is 0 Å². The Hall–Kier alpha value is -3.70. The molecule has 0 unspecified atom stereocenters. The molecule has 0 fully saturated rings. The third kappa shape index (κ3) is 5.21. The highest BCUT2D eigenvalue weighted by atomic mass is 32.2. The van der Waals surface area contributed by atoms with E-state index < -0.39 is 30.1 Å². The van der Waals surface area contributed by atoms with E-state index >= 15 is 0 Å². The second kappa shape index (κ2) is 9.67. The summed E-state index contributed by atoms with van der Waals surface area (Å²) in [5, 5.41) is 11.4. The van der Waals surface area contributed by atoms with Crippen LogP contribution in [0.1, 0.15) is 15.9 Å². The molecule has 3 aromatic carbocycles. The van der Waals surface area contributed by atoms with E-state index in [2.05, 4.69) is 11.4 Å². The summed E-state index contributed by atoms with van der Waals surface area (Å²) in [5.41, 5.74) is 0.322. The van der Waals surface area contributed by atoms with Gasteiger partial charge in [0.15, 0.2) is 6.61 Å². The molecule has 3 aromatic rings. The number of anilines is 1. The molecule has 0 atom stereocenters. The van der Waals surface area contributed by atoms with Gasteiger partial charge in [-0.2, -0.15) is 5.26 Å². The van der Waals surface area contributed by atoms with Crippen LogP contribution in [-0.2, 0) is 9.53 Å². The van der Waals surface area contributed by atoms with Crippen LogP contribution in [0.3, 0.4) is 0 Å². The summed E-state index contributed by atoms with van der Waals surface area (Å²) in [6.07, 6.45) is 0. The van der Waals surface area contributed by atoms with Gasteiger partial charge in [0.1, 0.15) is 17.7 Å². The molecule has 0 heterocycles. The highest BCUT2D eigenvalue weighted by Crippen LogP contribution is 2.32. The first-order valence-corrected chi connectivity index (χ1v) is 9.47. The standard InChI is InChI=1S/C22H14F2N2O3S/c23-15-9-10-17(24)18(11-15)26-21(27)13-29-22(28)16-6-2-4-8-20(16)30-19-7-3-1-5-14(19)12-25/h1-11H,13H2,(H,26,27). The molecule has 0 saturated heterocycles. The monoisotopic (exact) mass is 424 g/mol. The summed E-state index contributed by atoms with van der Waals surface area (Å²) in [6.45, 7) is -0.678. The van der Waals surface area contributed by atoms with Gasteiger partial charge in [-0.1, -0.05) is 36.0 Å². The van der Waals surface area contributed by atoms with Crippen LogP contribution in [0.2, 0.25) is 0 Å².